The highest BCUT2D eigenvalue weighted by atomic mass is 16.5. The van der Waals surface area contributed by atoms with Crippen LogP contribution in [0.2, 0.25) is 0 Å². The van der Waals surface area contributed by atoms with Gasteiger partial charge in [-0.05, 0) is 19.1 Å². The molecule has 1 aromatic rings. The van der Waals surface area contributed by atoms with Crippen LogP contribution in [0.4, 0.5) is 5.69 Å². The molecule has 0 unspecified atom stereocenters. The SMILES string of the molecule is COc1cccc(N2C(=O)[C@H](N)[C@H]2C)c1. The van der Waals surface area contributed by atoms with Crippen LogP contribution in [0.25, 0.3) is 0 Å². The van der Waals surface area contributed by atoms with Crippen molar-refractivity contribution in [3.63, 3.8) is 0 Å². The Hall–Kier alpha value is -1.55. The molecule has 0 saturated carbocycles. The Labute approximate surface area is 88.6 Å². The van der Waals surface area contributed by atoms with Gasteiger partial charge in [0.1, 0.15) is 11.8 Å². The summed E-state index contributed by atoms with van der Waals surface area (Å²) < 4.78 is 5.10. The summed E-state index contributed by atoms with van der Waals surface area (Å²) in [5.41, 5.74) is 6.48. The van der Waals surface area contributed by atoms with Gasteiger partial charge in [-0.3, -0.25) is 4.79 Å². The van der Waals surface area contributed by atoms with Crippen molar-refractivity contribution < 1.29 is 9.53 Å². The molecule has 1 amide bonds. The van der Waals surface area contributed by atoms with E-state index in [0.29, 0.717) is 0 Å². The summed E-state index contributed by atoms with van der Waals surface area (Å²) in [6.45, 7) is 1.94. The first-order chi connectivity index (χ1) is 7.15. The van der Waals surface area contributed by atoms with Gasteiger partial charge in [-0.25, -0.2) is 0 Å². The van der Waals surface area contributed by atoms with Gasteiger partial charge in [0.2, 0.25) is 5.91 Å². The van der Waals surface area contributed by atoms with Crippen LogP contribution >= 0.6 is 0 Å². The van der Waals surface area contributed by atoms with E-state index in [9.17, 15) is 4.79 Å². The molecule has 1 aliphatic rings. The summed E-state index contributed by atoms with van der Waals surface area (Å²) in [5.74, 6) is 0.712. The standard InChI is InChI=1S/C11H14N2O2/c1-7-10(12)11(14)13(7)8-4-3-5-9(6-8)15-2/h3-7,10H,12H2,1-2H3/t7-,10-/m1/s1. The molecule has 0 bridgehead atoms. The normalized spacial score (nSPS) is 25.0. The third-order valence-corrected chi connectivity index (χ3v) is 2.78. The quantitative estimate of drug-likeness (QED) is 0.727. The summed E-state index contributed by atoms with van der Waals surface area (Å²) in [4.78, 5) is 13.2. The largest absolute Gasteiger partial charge is 0.497 e. The lowest BCUT2D eigenvalue weighted by molar-refractivity contribution is -0.125. The zero-order valence-corrected chi connectivity index (χ0v) is 8.81. The van der Waals surface area contributed by atoms with E-state index >= 15 is 0 Å². The first-order valence-corrected chi connectivity index (χ1v) is 4.88. The molecule has 1 saturated heterocycles. The van der Waals surface area contributed by atoms with Crippen molar-refractivity contribution in [2.75, 3.05) is 12.0 Å². The number of nitrogens with zero attached hydrogens (tertiary/aromatic N) is 1. The fourth-order valence-corrected chi connectivity index (χ4v) is 1.77. The predicted octanol–water partition coefficient (Wildman–Crippen LogP) is 0.758. The highest BCUT2D eigenvalue weighted by Gasteiger charge is 2.42. The molecule has 1 fully saturated rings. The van der Waals surface area contributed by atoms with Gasteiger partial charge >= 0.3 is 0 Å². The average Bonchev–Trinajstić information content (AvgIpc) is 2.29. The van der Waals surface area contributed by atoms with Crippen LogP contribution < -0.4 is 15.4 Å². The van der Waals surface area contributed by atoms with E-state index in [-0.39, 0.29) is 18.0 Å². The number of nitrogens with two attached hydrogens (primary N) is 1. The molecule has 4 nitrogen and oxygen atoms in total. The van der Waals surface area contributed by atoms with Crippen LogP contribution in [0.5, 0.6) is 5.75 Å². The number of carbonyl (C=O) groups excluding carboxylic acids is 1. The van der Waals surface area contributed by atoms with Crippen molar-refractivity contribution in [2.45, 2.75) is 19.0 Å². The van der Waals surface area contributed by atoms with Crippen LogP contribution in [0, 0.1) is 0 Å². The molecule has 1 aromatic carbocycles. The highest BCUT2D eigenvalue weighted by Crippen LogP contribution is 2.29. The van der Waals surface area contributed by atoms with E-state index in [0.717, 1.165) is 11.4 Å². The fraction of sp³-hybridized carbons (Fsp3) is 0.364. The van der Waals surface area contributed by atoms with Crippen molar-refractivity contribution in [2.24, 2.45) is 5.73 Å². The number of anilines is 1. The molecule has 0 aliphatic carbocycles. The molecule has 0 aromatic heterocycles. The minimum absolute atomic E-state index is 0.0317. The molecule has 1 heterocycles. The lowest BCUT2D eigenvalue weighted by atomic mass is 9.97. The Morgan fingerprint density at radius 2 is 2.20 bits per heavy atom. The Morgan fingerprint density at radius 1 is 1.47 bits per heavy atom. The second kappa shape index (κ2) is 3.55. The minimum Gasteiger partial charge on any atom is -0.497 e. The predicted molar refractivity (Wildman–Crippen MR) is 57.9 cm³/mol. The van der Waals surface area contributed by atoms with Gasteiger partial charge in [0.15, 0.2) is 0 Å². The van der Waals surface area contributed by atoms with Gasteiger partial charge in [0.05, 0.1) is 13.2 Å². The maximum atomic E-state index is 11.5. The van der Waals surface area contributed by atoms with Crippen LogP contribution in [-0.2, 0) is 4.79 Å². The molecule has 80 valence electrons. The van der Waals surface area contributed by atoms with Gasteiger partial charge in [0, 0.05) is 11.8 Å². The van der Waals surface area contributed by atoms with Gasteiger partial charge in [-0.1, -0.05) is 6.07 Å². The van der Waals surface area contributed by atoms with Crippen molar-refractivity contribution in [1.29, 1.82) is 0 Å². The third-order valence-electron chi connectivity index (χ3n) is 2.78. The molecular formula is C11H14N2O2. The fourth-order valence-electron chi connectivity index (χ4n) is 1.77. The Kier molecular flexibility index (Phi) is 2.36. The number of ether oxygens (including phenoxy) is 1. The maximum absolute atomic E-state index is 11.5. The number of methoxy groups -OCH3 is 1. The van der Waals surface area contributed by atoms with E-state index in [4.69, 9.17) is 10.5 Å². The summed E-state index contributed by atoms with van der Waals surface area (Å²) in [5, 5.41) is 0. The molecule has 0 radical (unpaired) electrons. The lowest BCUT2D eigenvalue weighted by Gasteiger charge is -2.43. The number of amides is 1. The van der Waals surface area contributed by atoms with Gasteiger partial charge in [-0.2, -0.15) is 0 Å². The molecule has 2 atom stereocenters. The van der Waals surface area contributed by atoms with E-state index < -0.39 is 0 Å². The average molecular weight is 206 g/mol. The molecule has 15 heavy (non-hydrogen) atoms. The second-order valence-electron chi connectivity index (χ2n) is 3.68. The number of hydrogen-bond acceptors (Lipinski definition) is 3. The summed E-state index contributed by atoms with van der Waals surface area (Å²) in [7, 11) is 1.60. The van der Waals surface area contributed by atoms with Gasteiger partial charge in [0.25, 0.3) is 0 Å². The Balaban J connectivity index is 2.27. The van der Waals surface area contributed by atoms with Crippen LogP contribution in [-0.4, -0.2) is 25.1 Å². The van der Waals surface area contributed by atoms with Gasteiger partial charge < -0.3 is 15.4 Å². The molecule has 0 spiro atoms. The first kappa shape index (κ1) is 9.98. The number of benzene rings is 1. The number of carbonyl (C=O) groups is 1. The van der Waals surface area contributed by atoms with Crippen molar-refractivity contribution in [1.82, 2.24) is 0 Å². The van der Waals surface area contributed by atoms with E-state index in [1.807, 2.05) is 31.2 Å². The molecule has 1 aliphatic heterocycles. The minimum atomic E-state index is -0.365. The highest BCUT2D eigenvalue weighted by molar-refractivity contribution is 6.05. The summed E-state index contributed by atoms with van der Waals surface area (Å²) >= 11 is 0. The van der Waals surface area contributed by atoms with Crippen molar-refractivity contribution in [3.05, 3.63) is 24.3 Å². The molecule has 4 heteroatoms. The van der Waals surface area contributed by atoms with Crippen molar-refractivity contribution in [3.8, 4) is 5.75 Å². The van der Waals surface area contributed by atoms with E-state index in [1.165, 1.54) is 0 Å². The monoisotopic (exact) mass is 206 g/mol. The smallest absolute Gasteiger partial charge is 0.246 e. The van der Waals surface area contributed by atoms with Crippen molar-refractivity contribution >= 4 is 11.6 Å². The molecule has 2 N–H and O–H groups in total. The topological polar surface area (TPSA) is 55.6 Å². The second-order valence-corrected chi connectivity index (χ2v) is 3.68. The van der Waals surface area contributed by atoms with E-state index in [2.05, 4.69) is 0 Å². The maximum Gasteiger partial charge on any atom is 0.246 e. The zero-order chi connectivity index (χ0) is 11.0. The number of hydrogen-bond donors (Lipinski definition) is 1. The number of rotatable bonds is 2. The number of β-lactam (4-membered cyclic amide) rings is 1. The Morgan fingerprint density at radius 3 is 2.80 bits per heavy atom. The zero-order valence-electron chi connectivity index (χ0n) is 8.81. The van der Waals surface area contributed by atoms with E-state index in [1.54, 1.807) is 12.0 Å². The summed E-state index contributed by atoms with van der Waals surface area (Å²) in [6.07, 6.45) is 0. The Bertz CT molecular complexity index is 392. The molecular weight excluding hydrogens is 192 g/mol. The molecule has 2 rings (SSSR count). The van der Waals surface area contributed by atoms with Gasteiger partial charge in [-0.15, -0.1) is 0 Å². The summed E-state index contributed by atoms with van der Waals surface area (Å²) in [6, 6.07) is 7.11. The third kappa shape index (κ3) is 1.47. The van der Waals surface area contributed by atoms with Crippen LogP contribution in [0.1, 0.15) is 6.92 Å². The first-order valence-electron chi connectivity index (χ1n) is 4.88. The lowest BCUT2D eigenvalue weighted by Crippen LogP contribution is -2.67. The van der Waals surface area contributed by atoms with Crippen LogP contribution in [0.3, 0.4) is 0 Å². The van der Waals surface area contributed by atoms with Crippen LogP contribution in [0.15, 0.2) is 24.3 Å².